The van der Waals surface area contributed by atoms with Gasteiger partial charge in [0.05, 0.1) is 0 Å². The molecule has 2 unspecified atom stereocenters. The van der Waals surface area contributed by atoms with Crippen molar-refractivity contribution < 1.29 is 9.59 Å². The van der Waals surface area contributed by atoms with Crippen LogP contribution in [-0.4, -0.2) is 34.3 Å². The number of hydrogen-bond acceptors (Lipinski definition) is 2. The van der Waals surface area contributed by atoms with E-state index in [1.165, 1.54) is 19.3 Å². The third kappa shape index (κ3) is 2.18. The average molecular weight is 290 g/mol. The van der Waals surface area contributed by atoms with Crippen LogP contribution >= 0.6 is 0 Å². The summed E-state index contributed by atoms with van der Waals surface area (Å²) in [4.78, 5) is 28.0. The molecule has 2 amide bonds. The van der Waals surface area contributed by atoms with Gasteiger partial charge in [-0.3, -0.25) is 9.59 Å². The summed E-state index contributed by atoms with van der Waals surface area (Å²) in [5, 5.41) is 3.11. The fourth-order valence-electron chi connectivity index (χ4n) is 4.45. The lowest BCUT2D eigenvalue weighted by atomic mass is 9.84. The van der Waals surface area contributed by atoms with Gasteiger partial charge in [-0.05, 0) is 57.3 Å². The molecule has 3 aliphatic carbocycles. The molecule has 4 fully saturated rings. The number of piperazine rings is 1. The Morgan fingerprint density at radius 3 is 2.24 bits per heavy atom. The number of carbonyl (C=O) groups is 2. The number of nitrogens with zero attached hydrogens (tertiary/aromatic N) is 1. The van der Waals surface area contributed by atoms with E-state index >= 15 is 0 Å². The van der Waals surface area contributed by atoms with Gasteiger partial charge < -0.3 is 10.2 Å². The smallest absolute Gasteiger partial charge is 0.249 e. The molecular weight excluding hydrogens is 264 g/mol. The largest absolute Gasteiger partial charge is 0.340 e. The van der Waals surface area contributed by atoms with Crippen LogP contribution in [0, 0.1) is 11.8 Å². The lowest BCUT2D eigenvalue weighted by Gasteiger charge is -2.49. The van der Waals surface area contributed by atoms with Crippen molar-refractivity contribution in [3.8, 4) is 0 Å². The van der Waals surface area contributed by atoms with E-state index in [4.69, 9.17) is 0 Å². The Bertz CT molecular complexity index is 463. The lowest BCUT2D eigenvalue weighted by molar-refractivity contribution is -0.160. The first-order valence-electron chi connectivity index (χ1n) is 8.76. The lowest BCUT2D eigenvalue weighted by Crippen LogP contribution is -2.72. The van der Waals surface area contributed by atoms with Crippen LogP contribution in [0.1, 0.15) is 64.7 Å². The minimum absolute atomic E-state index is 0.122. The molecule has 0 aromatic carbocycles. The van der Waals surface area contributed by atoms with E-state index < -0.39 is 5.54 Å². The zero-order valence-corrected chi connectivity index (χ0v) is 12.9. The van der Waals surface area contributed by atoms with Gasteiger partial charge in [0.1, 0.15) is 11.6 Å². The van der Waals surface area contributed by atoms with Crippen molar-refractivity contribution in [2.45, 2.75) is 82.3 Å². The van der Waals surface area contributed by atoms with Crippen molar-refractivity contribution in [2.24, 2.45) is 11.8 Å². The van der Waals surface area contributed by atoms with Crippen LogP contribution in [0.4, 0.5) is 0 Å². The third-order valence-corrected chi connectivity index (χ3v) is 6.06. The summed E-state index contributed by atoms with van der Waals surface area (Å²) < 4.78 is 0. The van der Waals surface area contributed by atoms with E-state index in [1.54, 1.807) is 0 Å². The van der Waals surface area contributed by atoms with Crippen LogP contribution in [0.25, 0.3) is 0 Å². The third-order valence-electron chi connectivity index (χ3n) is 6.06. The highest BCUT2D eigenvalue weighted by Gasteiger charge is 2.58. The maximum Gasteiger partial charge on any atom is 0.249 e. The Morgan fingerprint density at radius 2 is 1.67 bits per heavy atom. The van der Waals surface area contributed by atoms with Gasteiger partial charge in [0.15, 0.2) is 0 Å². The second kappa shape index (κ2) is 4.72. The molecule has 0 aromatic rings. The van der Waals surface area contributed by atoms with E-state index in [2.05, 4.69) is 5.32 Å². The molecule has 21 heavy (non-hydrogen) atoms. The Labute approximate surface area is 126 Å². The predicted octanol–water partition coefficient (Wildman–Crippen LogP) is 2.22. The number of carbonyl (C=O) groups excluding carboxylic acids is 2. The molecule has 0 bridgehead atoms. The molecule has 4 heteroatoms. The van der Waals surface area contributed by atoms with Gasteiger partial charge in [0.25, 0.3) is 0 Å². The molecule has 4 nitrogen and oxygen atoms in total. The van der Waals surface area contributed by atoms with E-state index in [9.17, 15) is 9.59 Å². The van der Waals surface area contributed by atoms with Crippen LogP contribution in [-0.2, 0) is 9.59 Å². The maximum atomic E-state index is 13.2. The van der Waals surface area contributed by atoms with Crippen LogP contribution in [0.3, 0.4) is 0 Å². The van der Waals surface area contributed by atoms with Crippen LogP contribution < -0.4 is 5.32 Å². The molecule has 1 saturated heterocycles. The van der Waals surface area contributed by atoms with Crippen LogP contribution in [0.2, 0.25) is 0 Å². The molecule has 1 N–H and O–H groups in total. The van der Waals surface area contributed by atoms with Gasteiger partial charge in [-0.1, -0.05) is 19.3 Å². The minimum atomic E-state index is -0.625. The Morgan fingerprint density at radius 1 is 1.00 bits per heavy atom. The van der Waals surface area contributed by atoms with Crippen molar-refractivity contribution in [1.82, 2.24) is 10.2 Å². The average Bonchev–Trinajstić information content (AvgIpc) is 3.36. The number of nitrogens with one attached hydrogen (secondary N) is 1. The fourth-order valence-corrected chi connectivity index (χ4v) is 4.45. The first kappa shape index (κ1) is 13.6. The topological polar surface area (TPSA) is 49.4 Å². The second-order valence-corrected chi connectivity index (χ2v) is 7.75. The monoisotopic (exact) mass is 290 g/mol. The molecule has 3 saturated carbocycles. The summed E-state index contributed by atoms with van der Waals surface area (Å²) in [6, 6.07) is 0.133. The molecule has 0 radical (unpaired) electrons. The first-order valence-corrected chi connectivity index (χ1v) is 8.76. The molecule has 1 aliphatic heterocycles. The summed E-state index contributed by atoms with van der Waals surface area (Å²) in [5.74, 6) is 1.12. The van der Waals surface area contributed by atoms with Crippen molar-refractivity contribution in [1.29, 1.82) is 0 Å². The van der Waals surface area contributed by atoms with E-state index in [1.807, 2.05) is 11.8 Å². The summed E-state index contributed by atoms with van der Waals surface area (Å²) in [5.41, 5.74) is -0.625. The second-order valence-electron chi connectivity index (χ2n) is 7.75. The minimum Gasteiger partial charge on any atom is -0.340 e. The predicted molar refractivity (Wildman–Crippen MR) is 79.5 cm³/mol. The SMILES string of the molecule is CC1(C2CC2)NC(=O)C(C2CC2)N(C2CCCCC2)C1=O. The maximum absolute atomic E-state index is 13.2. The molecule has 0 aromatic heterocycles. The highest BCUT2D eigenvalue weighted by atomic mass is 16.2. The zero-order valence-electron chi connectivity index (χ0n) is 12.9. The van der Waals surface area contributed by atoms with E-state index in [-0.39, 0.29) is 17.9 Å². The number of hydrogen-bond donors (Lipinski definition) is 1. The van der Waals surface area contributed by atoms with Gasteiger partial charge in [0, 0.05) is 6.04 Å². The Hall–Kier alpha value is -1.06. The zero-order chi connectivity index (χ0) is 14.6. The highest BCUT2D eigenvalue weighted by Crippen LogP contribution is 2.46. The van der Waals surface area contributed by atoms with Crippen molar-refractivity contribution in [3.63, 3.8) is 0 Å². The Balaban J connectivity index is 1.66. The van der Waals surface area contributed by atoms with Gasteiger partial charge >= 0.3 is 0 Å². The highest BCUT2D eigenvalue weighted by molar-refractivity contribution is 6.00. The number of rotatable bonds is 3. The van der Waals surface area contributed by atoms with Gasteiger partial charge in [0.2, 0.25) is 11.8 Å². The van der Waals surface area contributed by atoms with Crippen LogP contribution in [0.15, 0.2) is 0 Å². The van der Waals surface area contributed by atoms with E-state index in [0.29, 0.717) is 17.9 Å². The fraction of sp³-hybridized carbons (Fsp3) is 0.882. The molecule has 1 heterocycles. The summed E-state index contributed by atoms with van der Waals surface area (Å²) in [6.45, 7) is 1.96. The first-order chi connectivity index (χ1) is 10.1. The molecule has 2 atom stereocenters. The van der Waals surface area contributed by atoms with Gasteiger partial charge in [-0.15, -0.1) is 0 Å². The molecule has 0 spiro atoms. The van der Waals surface area contributed by atoms with E-state index in [0.717, 1.165) is 38.5 Å². The van der Waals surface area contributed by atoms with Crippen LogP contribution in [0.5, 0.6) is 0 Å². The van der Waals surface area contributed by atoms with Crippen molar-refractivity contribution in [3.05, 3.63) is 0 Å². The normalized spacial score (nSPS) is 38.5. The summed E-state index contributed by atoms with van der Waals surface area (Å²) >= 11 is 0. The van der Waals surface area contributed by atoms with Gasteiger partial charge in [-0.2, -0.15) is 0 Å². The number of amides is 2. The van der Waals surface area contributed by atoms with Crippen molar-refractivity contribution in [2.75, 3.05) is 0 Å². The molecule has 116 valence electrons. The summed E-state index contributed by atoms with van der Waals surface area (Å²) in [6.07, 6.45) is 10.2. The standard InChI is InChI=1S/C17H26N2O2/c1-17(12-9-10-12)16(21)19(13-5-3-2-4-6-13)14(11-7-8-11)15(20)18-17/h11-14H,2-10H2,1H3,(H,18,20). The quantitative estimate of drug-likeness (QED) is 0.866. The molecular formula is C17H26N2O2. The molecule has 4 aliphatic rings. The van der Waals surface area contributed by atoms with Crippen molar-refractivity contribution >= 4 is 11.8 Å². The summed E-state index contributed by atoms with van der Waals surface area (Å²) in [7, 11) is 0. The van der Waals surface area contributed by atoms with Gasteiger partial charge in [-0.25, -0.2) is 0 Å². The Kier molecular flexibility index (Phi) is 3.05. The molecule has 4 rings (SSSR count).